The molecule has 0 N–H and O–H groups in total. The molecule has 2 heterocycles. The number of carbonyl (C=O) groups excluding carboxylic acids is 1. The van der Waals surface area contributed by atoms with E-state index in [1.54, 1.807) is 18.7 Å². The molecule has 1 aromatic heterocycles. The van der Waals surface area contributed by atoms with E-state index in [0.29, 0.717) is 31.1 Å². The number of halogens is 4. The van der Waals surface area contributed by atoms with E-state index in [1.807, 2.05) is 4.90 Å². The Morgan fingerprint density at radius 2 is 2.07 bits per heavy atom. The zero-order chi connectivity index (χ0) is 20.5. The molecular formula is C19H21F4N3O2. The van der Waals surface area contributed by atoms with Gasteiger partial charge in [0.2, 0.25) is 0 Å². The van der Waals surface area contributed by atoms with Crippen LogP contribution in [0.4, 0.5) is 17.6 Å². The fraction of sp³-hybridized carbons (Fsp3) is 0.474. The van der Waals surface area contributed by atoms with Gasteiger partial charge in [-0.05, 0) is 43.7 Å². The zero-order valence-electron chi connectivity index (χ0n) is 15.6. The molecule has 0 aliphatic carbocycles. The third kappa shape index (κ3) is 4.35. The highest BCUT2D eigenvalue weighted by atomic mass is 19.4. The molecule has 1 aliphatic rings. The highest BCUT2D eigenvalue weighted by molar-refractivity contribution is 5.90. The zero-order valence-corrected chi connectivity index (χ0v) is 15.6. The van der Waals surface area contributed by atoms with Gasteiger partial charge in [0.05, 0.1) is 24.1 Å². The number of likely N-dealkylation sites (tertiary alicyclic amines) is 1. The van der Waals surface area contributed by atoms with Gasteiger partial charge in [-0.3, -0.25) is 9.58 Å². The molecule has 1 aliphatic heterocycles. The fourth-order valence-electron chi connectivity index (χ4n) is 3.66. The number of esters is 1. The second-order valence-electron chi connectivity index (χ2n) is 6.85. The number of carbonyl (C=O) groups is 1. The maximum Gasteiger partial charge on any atom is 0.416 e. The van der Waals surface area contributed by atoms with Gasteiger partial charge in [-0.1, -0.05) is 0 Å². The van der Waals surface area contributed by atoms with Gasteiger partial charge < -0.3 is 4.74 Å². The lowest BCUT2D eigenvalue weighted by molar-refractivity contribution is -0.137. The van der Waals surface area contributed by atoms with Crippen LogP contribution in [-0.2, 0) is 24.5 Å². The molecule has 0 saturated carbocycles. The number of benzene rings is 1. The Labute approximate surface area is 159 Å². The van der Waals surface area contributed by atoms with Crippen molar-refractivity contribution >= 4 is 5.97 Å². The summed E-state index contributed by atoms with van der Waals surface area (Å²) in [4.78, 5) is 14.1. The summed E-state index contributed by atoms with van der Waals surface area (Å²) in [6.07, 6.45) is -2.40. The van der Waals surface area contributed by atoms with Crippen LogP contribution in [0.25, 0.3) is 0 Å². The van der Waals surface area contributed by atoms with Gasteiger partial charge >= 0.3 is 12.1 Å². The van der Waals surface area contributed by atoms with Crippen molar-refractivity contribution in [2.24, 2.45) is 7.05 Å². The number of alkyl halides is 3. The lowest BCUT2D eigenvalue weighted by Gasteiger charge is -2.18. The normalized spacial score (nSPS) is 17.9. The summed E-state index contributed by atoms with van der Waals surface area (Å²) < 4.78 is 59.0. The van der Waals surface area contributed by atoms with Crippen molar-refractivity contribution < 1.29 is 27.1 Å². The quantitative estimate of drug-likeness (QED) is 0.568. The summed E-state index contributed by atoms with van der Waals surface area (Å²) in [5.41, 5.74) is 0.426. The van der Waals surface area contributed by atoms with Crippen molar-refractivity contribution in [2.45, 2.75) is 32.0 Å². The van der Waals surface area contributed by atoms with Crippen LogP contribution < -0.4 is 0 Å². The molecular weight excluding hydrogens is 378 g/mol. The van der Waals surface area contributed by atoms with Gasteiger partial charge in [-0.15, -0.1) is 0 Å². The number of aryl methyl sites for hydroxylation is 1. The molecule has 1 fully saturated rings. The molecule has 28 heavy (non-hydrogen) atoms. The molecule has 0 spiro atoms. The van der Waals surface area contributed by atoms with Crippen molar-refractivity contribution in [3.8, 4) is 0 Å². The SMILES string of the molecule is CCOC(=O)c1cnn(C)c1C1CCN(Cc2cc(F)cc(C(F)(F)F)c2)C1. The van der Waals surface area contributed by atoms with Crippen LogP contribution in [0.3, 0.4) is 0 Å². The topological polar surface area (TPSA) is 47.4 Å². The Morgan fingerprint density at radius 3 is 2.75 bits per heavy atom. The standard InChI is InChI=1S/C19H21F4N3O2/c1-3-28-18(27)16-9-24-25(2)17(16)13-4-5-26(11-13)10-12-6-14(19(21,22)23)8-15(20)7-12/h6-9,13H,3-5,10-11H2,1-2H3. The maximum atomic E-state index is 13.6. The maximum absolute atomic E-state index is 13.6. The first-order chi connectivity index (χ1) is 13.2. The van der Waals surface area contributed by atoms with Gasteiger partial charge in [0, 0.05) is 26.1 Å². The Balaban J connectivity index is 1.75. The lowest BCUT2D eigenvalue weighted by Crippen LogP contribution is -2.21. The molecule has 2 aromatic rings. The first-order valence-corrected chi connectivity index (χ1v) is 8.97. The Kier molecular flexibility index (Phi) is 5.74. The van der Waals surface area contributed by atoms with Crippen molar-refractivity contribution in [1.29, 1.82) is 0 Å². The molecule has 0 amide bonds. The number of hydrogen-bond acceptors (Lipinski definition) is 4. The van der Waals surface area contributed by atoms with E-state index in [2.05, 4.69) is 5.10 Å². The summed E-state index contributed by atoms with van der Waals surface area (Å²) in [5.74, 6) is -1.36. The molecule has 152 valence electrons. The monoisotopic (exact) mass is 399 g/mol. The summed E-state index contributed by atoms with van der Waals surface area (Å²) in [7, 11) is 1.74. The van der Waals surface area contributed by atoms with Crippen molar-refractivity contribution in [3.05, 3.63) is 52.6 Å². The minimum Gasteiger partial charge on any atom is -0.462 e. The van der Waals surface area contributed by atoms with Crippen LogP contribution in [-0.4, -0.2) is 40.3 Å². The summed E-state index contributed by atoms with van der Waals surface area (Å²) in [6.45, 7) is 3.33. The van der Waals surface area contributed by atoms with E-state index in [4.69, 9.17) is 4.74 Å². The van der Waals surface area contributed by atoms with Crippen LogP contribution in [0.15, 0.2) is 24.4 Å². The van der Waals surface area contributed by atoms with E-state index in [1.165, 1.54) is 6.20 Å². The molecule has 1 atom stereocenters. The highest BCUT2D eigenvalue weighted by Gasteiger charge is 2.33. The predicted molar refractivity (Wildman–Crippen MR) is 93.2 cm³/mol. The van der Waals surface area contributed by atoms with Crippen LogP contribution >= 0.6 is 0 Å². The van der Waals surface area contributed by atoms with Crippen LogP contribution in [0.2, 0.25) is 0 Å². The summed E-state index contributed by atoms with van der Waals surface area (Å²) >= 11 is 0. The third-order valence-electron chi connectivity index (χ3n) is 4.83. The Hall–Kier alpha value is -2.42. The molecule has 9 heteroatoms. The summed E-state index contributed by atoms with van der Waals surface area (Å²) in [5, 5.41) is 4.15. The average molecular weight is 399 g/mol. The average Bonchev–Trinajstić information content (AvgIpc) is 3.20. The third-order valence-corrected chi connectivity index (χ3v) is 4.83. The van der Waals surface area contributed by atoms with E-state index < -0.39 is 23.5 Å². The van der Waals surface area contributed by atoms with Gasteiger partial charge in [0.25, 0.3) is 0 Å². The minimum atomic E-state index is -4.59. The molecule has 0 bridgehead atoms. The van der Waals surface area contributed by atoms with E-state index in [9.17, 15) is 22.4 Å². The molecule has 3 rings (SSSR count). The van der Waals surface area contributed by atoms with Crippen LogP contribution in [0.1, 0.15) is 46.4 Å². The Morgan fingerprint density at radius 1 is 1.32 bits per heavy atom. The number of aromatic nitrogens is 2. The molecule has 1 unspecified atom stereocenters. The summed E-state index contributed by atoms with van der Waals surface area (Å²) in [6, 6.07) is 2.60. The van der Waals surface area contributed by atoms with Crippen molar-refractivity contribution in [3.63, 3.8) is 0 Å². The number of nitrogens with zero attached hydrogens (tertiary/aromatic N) is 3. The second kappa shape index (κ2) is 7.90. The van der Waals surface area contributed by atoms with Gasteiger partial charge in [0.15, 0.2) is 0 Å². The Bertz CT molecular complexity index is 863. The predicted octanol–water partition coefficient (Wildman–Crippen LogP) is 3.74. The van der Waals surface area contributed by atoms with Crippen molar-refractivity contribution in [1.82, 2.24) is 14.7 Å². The van der Waals surface area contributed by atoms with E-state index in [-0.39, 0.29) is 24.6 Å². The minimum absolute atomic E-state index is 0.0115. The molecule has 1 aromatic carbocycles. The fourth-order valence-corrected chi connectivity index (χ4v) is 3.66. The smallest absolute Gasteiger partial charge is 0.416 e. The molecule has 1 saturated heterocycles. The number of hydrogen-bond donors (Lipinski definition) is 0. The van der Waals surface area contributed by atoms with Crippen LogP contribution in [0.5, 0.6) is 0 Å². The number of ether oxygens (including phenoxy) is 1. The van der Waals surface area contributed by atoms with Crippen LogP contribution in [0, 0.1) is 5.82 Å². The van der Waals surface area contributed by atoms with Crippen molar-refractivity contribution in [2.75, 3.05) is 19.7 Å². The highest BCUT2D eigenvalue weighted by Crippen LogP contribution is 2.33. The molecule has 0 radical (unpaired) electrons. The lowest BCUT2D eigenvalue weighted by atomic mass is 10.0. The first kappa shape index (κ1) is 20.3. The van der Waals surface area contributed by atoms with Gasteiger partial charge in [-0.2, -0.15) is 18.3 Å². The van der Waals surface area contributed by atoms with Gasteiger partial charge in [-0.25, -0.2) is 9.18 Å². The second-order valence-corrected chi connectivity index (χ2v) is 6.85. The van der Waals surface area contributed by atoms with E-state index in [0.717, 1.165) is 17.8 Å². The first-order valence-electron chi connectivity index (χ1n) is 8.97. The number of rotatable bonds is 5. The molecule has 5 nitrogen and oxygen atoms in total. The largest absolute Gasteiger partial charge is 0.462 e. The van der Waals surface area contributed by atoms with Gasteiger partial charge in [0.1, 0.15) is 11.4 Å². The van der Waals surface area contributed by atoms with E-state index >= 15 is 0 Å².